The summed E-state index contributed by atoms with van der Waals surface area (Å²) in [5.41, 5.74) is 4.30. The largest absolute Gasteiger partial charge is 0.237 e. The van der Waals surface area contributed by atoms with Crippen LogP contribution in [0.15, 0.2) is 35.0 Å². The fraction of sp³-hybridized carbons (Fsp3) is 0.0714. The Morgan fingerprint density at radius 2 is 1.89 bits per heavy atom. The van der Waals surface area contributed by atoms with Crippen molar-refractivity contribution in [2.24, 2.45) is 0 Å². The molecule has 0 radical (unpaired) electrons. The zero-order valence-corrected chi connectivity index (χ0v) is 11.9. The molecule has 2 aromatic heterocycles. The van der Waals surface area contributed by atoms with Crippen LogP contribution in [0, 0.1) is 6.92 Å². The van der Waals surface area contributed by atoms with Gasteiger partial charge in [-0.15, -0.1) is 16.4 Å². The highest BCUT2D eigenvalue weighted by Gasteiger charge is 2.02. The van der Waals surface area contributed by atoms with Crippen LogP contribution in [0.25, 0.3) is 23.4 Å². The van der Waals surface area contributed by atoms with E-state index in [0.29, 0.717) is 0 Å². The number of nitrogens with zero attached hydrogens (tertiary/aromatic N) is 3. The topological polar surface area (TPSA) is 38.7 Å². The first-order chi connectivity index (χ1) is 9.31. The van der Waals surface area contributed by atoms with E-state index in [-0.39, 0.29) is 0 Å². The Hall–Kier alpha value is -1.85. The average molecular weight is 285 g/mol. The molecule has 3 nitrogen and oxygen atoms in total. The summed E-state index contributed by atoms with van der Waals surface area (Å²) in [6.45, 7) is 2.08. The first kappa shape index (κ1) is 12.2. The summed E-state index contributed by atoms with van der Waals surface area (Å²) in [5, 5.41) is 8.92. The molecule has 0 saturated carbocycles. The van der Waals surface area contributed by atoms with Crippen molar-refractivity contribution in [3.63, 3.8) is 0 Å². The summed E-state index contributed by atoms with van der Waals surface area (Å²) in [4.78, 5) is 4.60. The second kappa shape index (κ2) is 5.42. The summed E-state index contributed by atoms with van der Waals surface area (Å²) in [7, 11) is 0. The number of benzene rings is 1. The van der Waals surface area contributed by atoms with Gasteiger partial charge in [-0.25, -0.2) is 4.98 Å². The van der Waals surface area contributed by atoms with Crippen molar-refractivity contribution in [3.05, 3.63) is 51.3 Å². The minimum atomic E-state index is 0.872. The van der Waals surface area contributed by atoms with Gasteiger partial charge in [0.1, 0.15) is 5.01 Å². The van der Waals surface area contributed by atoms with E-state index in [1.807, 2.05) is 17.5 Å². The molecule has 5 heteroatoms. The van der Waals surface area contributed by atoms with Gasteiger partial charge < -0.3 is 0 Å². The maximum atomic E-state index is 4.60. The molecular weight excluding hydrogens is 274 g/mol. The highest BCUT2D eigenvalue weighted by Crippen LogP contribution is 2.23. The third kappa shape index (κ3) is 2.94. The Balaban J connectivity index is 1.81. The van der Waals surface area contributed by atoms with Crippen molar-refractivity contribution in [2.45, 2.75) is 6.92 Å². The maximum absolute atomic E-state index is 4.60. The maximum Gasteiger partial charge on any atom is 0.116 e. The monoisotopic (exact) mass is 285 g/mol. The van der Waals surface area contributed by atoms with E-state index < -0.39 is 0 Å². The molecule has 0 atom stereocenters. The molecule has 0 N–H and O–H groups in total. The predicted octanol–water partition coefficient (Wildman–Crippen LogP) is 4.14. The van der Waals surface area contributed by atoms with Crippen LogP contribution in [-0.4, -0.2) is 14.6 Å². The van der Waals surface area contributed by atoms with Crippen LogP contribution >= 0.6 is 22.9 Å². The molecule has 94 valence electrons. The van der Waals surface area contributed by atoms with Gasteiger partial charge in [-0.3, -0.25) is 0 Å². The van der Waals surface area contributed by atoms with Gasteiger partial charge in [0, 0.05) is 16.3 Å². The predicted molar refractivity (Wildman–Crippen MR) is 81.1 cm³/mol. The molecule has 19 heavy (non-hydrogen) atoms. The number of aromatic nitrogens is 3. The number of hydrogen-bond donors (Lipinski definition) is 0. The lowest BCUT2D eigenvalue weighted by Gasteiger charge is -1.96. The third-order valence-electron chi connectivity index (χ3n) is 2.64. The number of thiazole rings is 1. The summed E-state index contributed by atoms with van der Waals surface area (Å²) in [6, 6.07) is 8.40. The van der Waals surface area contributed by atoms with Crippen LogP contribution < -0.4 is 0 Å². The van der Waals surface area contributed by atoms with E-state index in [0.717, 1.165) is 22.0 Å². The van der Waals surface area contributed by atoms with E-state index in [1.54, 1.807) is 11.3 Å². The molecule has 3 aromatic rings. The van der Waals surface area contributed by atoms with Gasteiger partial charge in [0.05, 0.1) is 11.4 Å². The summed E-state index contributed by atoms with van der Waals surface area (Å²) in [6.07, 6.45) is 3.90. The molecule has 3 rings (SSSR count). The Kier molecular flexibility index (Phi) is 3.48. The van der Waals surface area contributed by atoms with Gasteiger partial charge in [0.2, 0.25) is 0 Å². The summed E-state index contributed by atoms with van der Waals surface area (Å²) < 4.78 is 3.82. The first-order valence-corrected chi connectivity index (χ1v) is 7.50. The fourth-order valence-electron chi connectivity index (χ4n) is 1.62. The SMILES string of the molecule is Cc1ccc(-c2csc(/C=C/c3csnn3)n2)cc1. The fourth-order valence-corrected chi connectivity index (χ4v) is 2.76. The summed E-state index contributed by atoms with van der Waals surface area (Å²) >= 11 is 2.98. The Morgan fingerprint density at radius 1 is 1.05 bits per heavy atom. The van der Waals surface area contributed by atoms with Crippen molar-refractivity contribution in [1.82, 2.24) is 14.6 Å². The second-order valence-corrected chi connectivity index (χ2v) is 5.60. The van der Waals surface area contributed by atoms with E-state index in [9.17, 15) is 0 Å². The molecule has 2 heterocycles. The van der Waals surface area contributed by atoms with Crippen LogP contribution in [-0.2, 0) is 0 Å². The lowest BCUT2D eigenvalue weighted by Crippen LogP contribution is -1.79. The molecule has 0 aliphatic rings. The quantitative estimate of drug-likeness (QED) is 0.726. The molecule has 0 amide bonds. The zero-order valence-electron chi connectivity index (χ0n) is 10.3. The van der Waals surface area contributed by atoms with Crippen molar-refractivity contribution in [2.75, 3.05) is 0 Å². The molecule has 1 aromatic carbocycles. The average Bonchev–Trinajstić information content (AvgIpc) is 3.09. The summed E-state index contributed by atoms with van der Waals surface area (Å²) in [5.74, 6) is 0. The smallest absolute Gasteiger partial charge is 0.116 e. The normalized spacial score (nSPS) is 11.2. The number of aryl methyl sites for hydroxylation is 1. The minimum Gasteiger partial charge on any atom is -0.237 e. The van der Waals surface area contributed by atoms with Crippen LogP contribution in [0.3, 0.4) is 0 Å². The standard InChI is InChI=1S/C14H11N3S2/c1-10-2-4-11(5-3-10)13-9-18-14(15-13)7-6-12-8-19-17-16-12/h2-9H,1H3/b7-6+. The van der Waals surface area contributed by atoms with Gasteiger partial charge in [-0.1, -0.05) is 34.3 Å². The second-order valence-electron chi connectivity index (χ2n) is 4.10. The van der Waals surface area contributed by atoms with E-state index in [1.165, 1.54) is 17.1 Å². The van der Waals surface area contributed by atoms with Crippen molar-refractivity contribution < 1.29 is 0 Å². The van der Waals surface area contributed by atoms with Crippen LogP contribution in [0.1, 0.15) is 16.3 Å². The van der Waals surface area contributed by atoms with Gasteiger partial charge >= 0.3 is 0 Å². The number of hydrogen-bond acceptors (Lipinski definition) is 5. The zero-order chi connectivity index (χ0) is 13.1. The lowest BCUT2D eigenvalue weighted by molar-refractivity contribution is 1.14. The Labute approximate surface area is 119 Å². The van der Waals surface area contributed by atoms with E-state index in [2.05, 4.69) is 51.1 Å². The Morgan fingerprint density at radius 3 is 2.63 bits per heavy atom. The van der Waals surface area contributed by atoms with E-state index in [4.69, 9.17) is 0 Å². The van der Waals surface area contributed by atoms with Gasteiger partial charge in [0.25, 0.3) is 0 Å². The van der Waals surface area contributed by atoms with Gasteiger partial charge in [-0.2, -0.15) is 0 Å². The van der Waals surface area contributed by atoms with E-state index >= 15 is 0 Å². The molecule has 0 bridgehead atoms. The molecule has 0 saturated heterocycles. The van der Waals surface area contributed by atoms with Gasteiger partial charge in [0.15, 0.2) is 0 Å². The van der Waals surface area contributed by atoms with Crippen molar-refractivity contribution in [3.8, 4) is 11.3 Å². The van der Waals surface area contributed by atoms with Gasteiger partial charge in [-0.05, 0) is 30.6 Å². The molecular formula is C14H11N3S2. The molecule has 0 unspecified atom stereocenters. The highest BCUT2D eigenvalue weighted by atomic mass is 32.1. The molecule has 0 spiro atoms. The first-order valence-electron chi connectivity index (χ1n) is 5.79. The molecule has 0 aliphatic carbocycles. The van der Waals surface area contributed by atoms with Crippen molar-refractivity contribution in [1.29, 1.82) is 0 Å². The minimum absolute atomic E-state index is 0.872. The van der Waals surface area contributed by atoms with Crippen molar-refractivity contribution >= 4 is 35.0 Å². The number of rotatable bonds is 3. The van der Waals surface area contributed by atoms with Crippen LogP contribution in [0.2, 0.25) is 0 Å². The molecule has 0 aliphatic heterocycles. The Bertz CT molecular complexity index is 682. The van der Waals surface area contributed by atoms with Crippen LogP contribution in [0.4, 0.5) is 0 Å². The molecule has 0 fully saturated rings. The third-order valence-corrected chi connectivity index (χ3v) is 3.98. The van der Waals surface area contributed by atoms with Crippen LogP contribution in [0.5, 0.6) is 0 Å². The highest BCUT2D eigenvalue weighted by molar-refractivity contribution is 7.10. The lowest BCUT2D eigenvalue weighted by atomic mass is 10.1.